The molecule has 2 fully saturated rings. The first-order valence-corrected chi connectivity index (χ1v) is 13.1. The lowest BCUT2D eigenvalue weighted by Crippen LogP contribution is -2.33. The second kappa shape index (κ2) is 10.5. The van der Waals surface area contributed by atoms with Gasteiger partial charge in [0, 0.05) is 26.2 Å². The summed E-state index contributed by atoms with van der Waals surface area (Å²) in [6, 6.07) is 14.0. The number of piperidine rings is 2. The number of halogens is 3. The number of alkyl halides is 3. The van der Waals surface area contributed by atoms with E-state index in [0.717, 1.165) is 62.3 Å². The number of rotatable bonds is 5. The third-order valence-electron chi connectivity index (χ3n) is 6.81. The van der Waals surface area contributed by atoms with Gasteiger partial charge in [0.1, 0.15) is 10.7 Å². The normalized spacial score (nSPS) is 17.3. The maximum Gasteiger partial charge on any atom is 0.435 e. The van der Waals surface area contributed by atoms with Crippen molar-refractivity contribution in [2.75, 3.05) is 41.3 Å². The number of nitrogens with zero attached hydrogens (tertiary/aromatic N) is 4. The van der Waals surface area contributed by atoms with Gasteiger partial charge in [0.15, 0.2) is 10.8 Å². The van der Waals surface area contributed by atoms with Crippen molar-refractivity contribution in [2.45, 2.75) is 44.2 Å². The van der Waals surface area contributed by atoms with Crippen molar-refractivity contribution >= 4 is 33.9 Å². The van der Waals surface area contributed by atoms with Crippen LogP contribution in [0.4, 0.5) is 29.8 Å². The van der Waals surface area contributed by atoms with Gasteiger partial charge in [-0.25, -0.2) is 9.97 Å². The predicted octanol–water partition coefficient (Wildman–Crippen LogP) is 6.18. The molecule has 0 bridgehead atoms. The highest BCUT2D eigenvalue weighted by Gasteiger charge is 2.40. The van der Waals surface area contributed by atoms with Crippen molar-refractivity contribution < 1.29 is 18.0 Å². The van der Waals surface area contributed by atoms with Crippen LogP contribution in [-0.2, 0) is 6.18 Å². The molecule has 0 radical (unpaired) electrons. The monoisotopic (exact) mass is 515 g/mol. The summed E-state index contributed by atoms with van der Waals surface area (Å²) in [6.45, 7) is 3.04. The van der Waals surface area contributed by atoms with Crippen molar-refractivity contribution in [2.24, 2.45) is 0 Å². The zero-order valence-electron chi connectivity index (χ0n) is 19.8. The summed E-state index contributed by atoms with van der Waals surface area (Å²) < 4.78 is 41.0. The van der Waals surface area contributed by atoms with Crippen LogP contribution in [0, 0.1) is 0 Å². The van der Waals surface area contributed by atoms with Crippen LogP contribution in [0.3, 0.4) is 0 Å². The summed E-state index contributed by atoms with van der Waals surface area (Å²) in [5.74, 6) is 0.500. The Hall–Kier alpha value is -3.14. The predicted molar refractivity (Wildman–Crippen MR) is 136 cm³/mol. The summed E-state index contributed by atoms with van der Waals surface area (Å²) in [5.41, 5.74) is 0.577. The molecule has 190 valence electrons. The third kappa shape index (κ3) is 5.48. The number of hydrogen-bond donors (Lipinski definition) is 1. The van der Waals surface area contributed by atoms with Gasteiger partial charge < -0.3 is 15.1 Å². The second-order valence-corrected chi connectivity index (χ2v) is 10.2. The van der Waals surface area contributed by atoms with Crippen molar-refractivity contribution in [3.8, 4) is 0 Å². The third-order valence-corrected chi connectivity index (χ3v) is 7.93. The Morgan fingerprint density at radius 1 is 0.944 bits per heavy atom. The van der Waals surface area contributed by atoms with Gasteiger partial charge in [0.2, 0.25) is 0 Å². The Morgan fingerprint density at radius 2 is 1.67 bits per heavy atom. The molecule has 2 aliphatic heterocycles. The van der Waals surface area contributed by atoms with E-state index in [-0.39, 0.29) is 5.13 Å². The summed E-state index contributed by atoms with van der Waals surface area (Å²) in [5, 5.41) is 2.83. The second-order valence-electron chi connectivity index (χ2n) is 9.25. The molecule has 1 N–H and O–H groups in total. The first-order chi connectivity index (χ1) is 17.4. The van der Waals surface area contributed by atoms with E-state index in [4.69, 9.17) is 0 Å². The van der Waals surface area contributed by atoms with Gasteiger partial charge in [-0.3, -0.25) is 4.79 Å². The van der Waals surface area contributed by atoms with Gasteiger partial charge in [0.05, 0.1) is 11.9 Å². The summed E-state index contributed by atoms with van der Waals surface area (Å²) in [4.78, 5) is 24.7. The molecule has 5 rings (SSSR count). The summed E-state index contributed by atoms with van der Waals surface area (Å²) in [7, 11) is 0. The zero-order valence-corrected chi connectivity index (χ0v) is 20.6. The fourth-order valence-corrected chi connectivity index (χ4v) is 5.91. The van der Waals surface area contributed by atoms with Crippen molar-refractivity contribution in [3.05, 3.63) is 64.8 Å². The number of carbonyl (C=O) groups is 1. The standard InChI is InChI=1S/C26H28F3N5OS/c27-26(28,29)23-22(36-25(32-23)34-13-5-2-6-14-34)24(35)31-20-9-10-21(30-17-20)33-15-11-19(12-16-33)18-7-3-1-4-8-18/h1,3-4,7-10,17,19H,2,5-6,11-16H2,(H,31,35). The first kappa shape index (κ1) is 24.5. The van der Waals surface area contributed by atoms with E-state index in [1.54, 1.807) is 12.1 Å². The maximum absolute atomic E-state index is 13.7. The van der Waals surface area contributed by atoms with E-state index in [9.17, 15) is 18.0 Å². The minimum atomic E-state index is -4.70. The van der Waals surface area contributed by atoms with Crippen molar-refractivity contribution in [1.29, 1.82) is 0 Å². The highest BCUT2D eigenvalue weighted by molar-refractivity contribution is 7.17. The SMILES string of the molecule is O=C(Nc1ccc(N2CCC(c3ccccc3)CC2)nc1)c1sc(N2CCCCC2)nc1C(F)(F)F. The Kier molecular flexibility index (Phi) is 7.13. The van der Waals surface area contributed by atoms with Crippen LogP contribution >= 0.6 is 11.3 Å². The van der Waals surface area contributed by atoms with E-state index in [0.29, 0.717) is 24.7 Å². The Bertz CT molecular complexity index is 1170. The van der Waals surface area contributed by atoms with Gasteiger partial charge in [0.25, 0.3) is 5.91 Å². The minimum absolute atomic E-state index is 0.250. The Balaban J connectivity index is 1.24. The number of amides is 1. The number of aromatic nitrogens is 2. The van der Waals surface area contributed by atoms with Gasteiger partial charge >= 0.3 is 6.18 Å². The van der Waals surface area contributed by atoms with Crippen LogP contribution in [0.2, 0.25) is 0 Å². The molecule has 6 nitrogen and oxygen atoms in total. The molecule has 0 unspecified atom stereocenters. The van der Waals surface area contributed by atoms with E-state index >= 15 is 0 Å². The van der Waals surface area contributed by atoms with Crippen LogP contribution in [0.25, 0.3) is 0 Å². The van der Waals surface area contributed by atoms with Crippen molar-refractivity contribution in [1.82, 2.24) is 9.97 Å². The molecular weight excluding hydrogens is 487 g/mol. The number of pyridine rings is 1. The lowest BCUT2D eigenvalue weighted by molar-refractivity contribution is -0.141. The van der Waals surface area contributed by atoms with Gasteiger partial charge in [-0.15, -0.1) is 0 Å². The van der Waals surface area contributed by atoms with E-state index in [1.807, 2.05) is 11.0 Å². The highest BCUT2D eigenvalue weighted by atomic mass is 32.1. The molecule has 0 spiro atoms. The zero-order chi connectivity index (χ0) is 25.1. The van der Waals surface area contributed by atoms with Gasteiger partial charge in [-0.2, -0.15) is 13.2 Å². The van der Waals surface area contributed by atoms with Gasteiger partial charge in [-0.05, 0) is 55.7 Å². The fraction of sp³-hybridized carbons (Fsp3) is 0.423. The molecule has 1 amide bonds. The number of carbonyl (C=O) groups excluding carboxylic acids is 1. The van der Waals surface area contributed by atoms with Crippen LogP contribution in [0.5, 0.6) is 0 Å². The van der Waals surface area contributed by atoms with E-state index < -0.39 is 22.7 Å². The Morgan fingerprint density at radius 3 is 2.31 bits per heavy atom. The quantitative estimate of drug-likeness (QED) is 0.440. The molecule has 0 aliphatic carbocycles. The van der Waals surface area contributed by atoms with Crippen molar-refractivity contribution in [3.63, 3.8) is 0 Å². The number of thiazole rings is 1. The molecule has 2 saturated heterocycles. The van der Waals surface area contributed by atoms with Crippen LogP contribution < -0.4 is 15.1 Å². The summed E-state index contributed by atoms with van der Waals surface area (Å²) in [6.07, 6.45) is 1.70. The average molecular weight is 516 g/mol. The number of hydrogen-bond acceptors (Lipinski definition) is 6. The molecule has 3 aromatic rings. The topological polar surface area (TPSA) is 61.4 Å². The molecule has 4 heterocycles. The number of nitrogens with one attached hydrogen (secondary N) is 1. The molecular formula is C26H28F3N5OS. The molecule has 2 aliphatic rings. The van der Waals surface area contributed by atoms with Crippen LogP contribution in [0.1, 0.15) is 59.0 Å². The van der Waals surface area contributed by atoms with E-state index in [2.05, 4.69) is 44.5 Å². The largest absolute Gasteiger partial charge is 0.435 e. The highest BCUT2D eigenvalue weighted by Crippen LogP contribution is 2.38. The van der Waals surface area contributed by atoms with Crippen LogP contribution in [-0.4, -0.2) is 42.1 Å². The number of benzene rings is 1. The molecule has 0 saturated carbocycles. The minimum Gasteiger partial charge on any atom is -0.357 e. The van der Waals surface area contributed by atoms with Crippen LogP contribution in [0.15, 0.2) is 48.7 Å². The van der Waals surface area contributed by atoms with Gasteiger partial charge in [-0.1, -0.05) is 41.7 Å². The maximum atomic E-state index is 13.7. The fourth-order valence-electron chi connectivity index (χ4n) is 4.88. The molecule has 36 heavy (non-hydrogen) atoms. The lowest BCUT2D eigenvalue weighted by Gasteiger charge is -2.33. The molecule has 1 aromatic carbocycles. The molecule has 10 heteroatoms. The molecule has 2 aromatic heterocycles. The number of anilines is 3. The summed E-state index contributed by atoms with van der Waals surface area (Å²) >= 11 is 0.799. The smallest absolute Gasteiger partial charge is 0.357 e. The molecule has 0 atom stereocenters. The van der Waals surface area contributed by atoms with E-state index in [1.165, 1.54) is 11.8 Å². The first-order valence-electron chi connectivity index (χ1n) is 12.3. The lowest BCUT2D eigenvalue weighted by atomic mass is 9.89. The Labute approximate surface area is 212 Å². The average Bonchev–Trinajstić information content (AvgIpc) is 3.37.